The van der Waals surface area contributed by atoms with Crippen LogP contribution in [-0.4, -0.2) is 32.8 Å². The average Bonchev–Trinajstić information content (AvgIpc) is 2.49. The Labute approximate surface area is 137 Å². The number of alkyl halides is 1. The molecule has 0 heterocycles. The molecule has 6 heteroatoms. The number of nitrogens with one attached hydrogen (secondary N) is 1. The van der Waals surface area contributed by atoms with Crippen LogP contribution >= 0.6 is 15.9 Å². The van der Waals surface area contributed by atoms with Crippen LogP contribution in [0.1, 0.15) is 12.5 Å². The van der Waals surface area contributed by atoms with Gasteiger partial charge in [0, 0.05) is 4.83 Å². The second-order valence-electron chi connectivity index (χ2n) is 5.12. The summed E-state index contributed by atoms with van der Waals surface area (Å²) in [7, 11) is 0. The normalized spacial score (nSPS) is 25.2. The first-order valence-corrected chi connectivity index (χ1v) is 7.77. The van der Waals surface area contributed by atoms with E-state index in [9.17, 15) is 15.0 Å². The van der Waals surface area contributed by atoms with Gasteiger partial charge >= 0.3 is 6.09 Å². The molecule has 1 aromatic carbocycles. The van der Waals surface area contributed by atoms with Crippen LogP contribution in [0.4, 0.5) is 4.79 Å². The van der Waals surface area contributed by atoms with Gasteiger partial charge in [0.2, 0.25) is 0 Å². The summed E-state index contributed by atoms with van der Waals surface area (Å²) in [5.41, 5.74) is -0.566. The highest BCUT2D eigenvalue weighted by Gasteiger charge is 2.41. The average molecular weight is 368 g/mol. The Hall–Kier alpha value is -1.79. The van der Waals surface area contributed by atoms with E-state index in [1.807, 2.05) is 30.3 Å². The van der Waals surface area contributed by atoms with E-state index < -0.39 is 17.7 Å². The minimum absolute atomic E-state index is 0.0514. The van der Waals surface area contributed by atoms with Gasteiger partial charge in [-0.05, 0) is 24.6 Å². The van der Waals surface area contributed by atoms with E-state index in [-0.39, 0.29) is 17.2 Å². The number of hydrogen-bond acceptors (Lipinski definition) is 4. The summed E-state index contributed by atoms with van der Waals surface area (Å²) in [6, 6.07) is 8.60. The molecule has 0 radical (unpaired) electrons. The molecule has 5 nitrogen and oxygen atoms in total. The minimum Gasteiger partial charge on any atom is -0.508 e. The van der Waals surface area contributed by atoms with Gasteiger partial charge in [-0.3, -0.25) is 0 Å². The van der Waals surface area contributed by atoms with Crippen molar-refractivity contribution in [2.24, 2.45) is 0 Å². The third-order valence-electron chi connectivity index (χ3n) is 3.46. The van der Waals surface area contributed by atoms with Crippen molar-refractivity contribution in [2.75, 3.05) is 0 Å². The Morgan fingerprint density at radius 2 is 2.14 bits per heavy atom. The molecule has 3 atom stereocenters. The first-order valence-electron chi connectivity index (χ1n) is 6.85. The summed E-state index contributed by atoms with van der Waals surface area (Å²) < 4.78 is 5.14. The van der Waals surface area contributed by atoms with Crippen molar-refractivity contribution in [1.82, 2.24) is 5.32 Å². The monoisotopic (exact) mass is 367 g/mol. The van der Waals surface area contributed by atoms with E-state index in [2.05, 4.69) is 21.2 Å². The number of aliphatic hydroxyl groups excluding tert-OH is 1. The van der Waals surface area contributed by atoms with E-state index in [0.717, 1.165) is 5.56 Å². The molecule has 0 spiro atoms. The lowest BCUT2D eigenvalue weighted by molar-refractivity contribution is 0.0568. The maximum Gasteiger partial charge on any atom is 0.408 e. The van der Waals surface area contributed by atoms with Crippen LogP contribution in [0.3, 0.4) is 0 Å². The number of ether oxygens (including phenoxy) is 1. The maximum atomic E-state index is 11.9. The summed E-state index contributed by atoms with van der Waals surface area (Å²) in [5, 5.41) is 22.8. The lowest BCUT2D eigenvalue weighted by atomic mass is 9.87. The highest BCUT2D eigenvalue weighted by atomic mass is 79.9. The summed E-state index contributed by atoms with van der Waals surface area (Å²) in [5.74, 6) is -0.0514. The van der Waals surface area contributed by atoms with Crippen LogP contribution in [0.2, 0.25) is 0 Å². The van der Waals surface area contributed by atoms with Gasteiger partial charge < -0.3 is 20.3 Å². The maximum absolute atomic E-state index is 11.9. The third kappa shape index (κ3) is 3.90. The molecule has 0 aromatic heterocycles. The van der Waals surface area contributed by atoms with Gasteiger partial charge in [-0.1, -0.05) is 52.3 Å². The van der Waals surface area contributed by atoms with Crippen LogP contribution in [0, 0.1) is 0 Å². The van der Waals surface area contributed by atoms with Gasteiger partial charge in [0.15, 0.2) is 0 Å². The number of benzene rings is 1. The molecular formula is C16H18BrNO4. The molecule has 0 fully saturated rings. The fraction of sp³-hybridized carbons (Fsp3) is 0.312. The molecule has 22 heavy (non-hydrogen) atoms. The molecule has 1 aliphatic rings. The first kappa shape index (κ1) is 16.6. The molecule has 1 amide bonds. The molecule has 3 unspecified atom stereocenters. The quantitative estimate of drug-likeness (QED) is 0.715. The number of aliphatic hydroxyl groups is 2. The molecular weight excluding hydrogens is 350 g/mol. The predicted molar refractivity (Wildman–Crippen MR) is 86.7 cm³/mol. The van der Waals surface area contributed by atoms with Gasteiger partial charge in [-0.2, -0.15) is 0 Å². The largest absolute Gasteiger partial charge is 0.508 e. The summed E-state index contributed by atoms with van der Waals surface area (Å²) >= 11 is 3.29. The summed E-state index contributed by atoms with van der Waals surface area (Å²) in [4.78, 5) is 11.5. The van der Waals surface area contributed by atoms with Crippen LogP contribution in [-0.2, 0) is 11.3 Å². The highest BCUT2D eigenvalue weighted by Crippen LogP contribution is 2.29. The van der Waals surface area contributed by atoms with Crippen molar-refractivity contribution in [3.05, 3.63) is 59.9 Å². The molecule has 0 bridgehead atoms. The third-order valence-corrected chi connectivity index (χ3v) is 4.19. The van der Waals surface area contributed by atoms with Crippen LogP contribution in [0.5, 0.6) is 0 Å². The topological polar surface area (TPSA) is 78.8 Å². The van der Waals surface area contributed by atoms with Crippen molar-refractivity contribution in [2.45, 2.75) is 30.0 Å². The van der Waals surface area contributed by atoms with Crippen molar-refractivity contribution in [1.29, 1.82) is 0 Å². The number of hydrogen-bond donors (Lipinski definition) is 3. The van der Waals surface area contributed by atoms with E-state index in [0.29, 0.717) is 0 Å². The van der Waals surface area contributed by atoms with E-state index in [1.165, 1.54) is 18.2 Å². The number of alkyl carbamates (subject to hydrolysis) is 1. The first-order chi connectivity index (χ1) is 10.4. The zero-order valence-electron chi connectivity index (χ0n) is 12.1. The lowest BCUT2D eigenvalue weighted by Gasteiger charge is -2.36. The van der Waals surface area contributed by atoms with Crippen molar-refractivity contribution >= 4 is 22.0 Å². The van der Waals surface area contributed by atoms with Gasteiger partial charge in [-0.25, -0.2) is 4.79 Å². The number of rotatable bonds is 4. The van der Waals surface area contributed by atoms with Gasteiger partial charge in [0.05, 0.1) is 6.04 Å². The second kappa shape index (κ2) is 6.98. The number of carbonyl (C=O) groups excluding carboxylic acids is 1. The summed E-state index contributed by atoms with van der Waals surface area (Å²) in [6.07, 6.45) is 3.61. The van der Waals surface area contributed by atoms with Crippen LogP contribution < -0.4 is 5.32 Å². The smallest absolute Gasteiger partial charge is 0.408 e. The van der Waals surface area contributed by atoms with E-state index in [4.69, 9.17) is 4.74 Å². The van der Waals surface area contributed by atoms with E-state index >= 15 is 0 Å². The van der Waals surface area contributed by atoms with E-state index in [1.54, 1.807) is 6.92 Å². The Kier molecular flexibility index (Phi) is 5.26. The summed E-state index contributed by atoms with van der Waals surface area (Å²) in [6.45, 7) is 1.87. The fourth-order valence-corrected chi connectivity index (χ4v) is 2.56. The number of amides is 1. The van der Waals surface area contributed by atoms with Crippen molar-refractivity contribution in [3.63, 3.8) is 0 Å². The molecule has 1 aliphatic carbocycles. The molecule has 0 saturated heterocycles. The second-order valence-corrected chi connectivity index (χ2v) is 6.49. The predicted octanol–water partition coefficient (Wildman–Crippen LogP) is 2.81. The molecule has 0 aliphatic heterocycles. The molecule has 3 N–H and O–H groups in total. The lowest BCUT2D eigenvalue weighted by Crippen LogP contribution is -2.56. The van der Waals surface area contributed by atoms with Crippen molar-refractivity contribution < 1.29 is 19.7 Å². The minimum atomic E-state index is -1.44. The highest BCUT2D eigenvalue weighted by molar-refractivity contribution is 9.09. The Morgan fingerprint density at radius 1 is 1.45 bits per heavy atom. The fourth-order valence-electron chi connectivity index (χ4n) is 2.14. The standard InChI is InChI=1S/C16H18BrNO4/c1-11(17)16(21)9-13(19)7-8-14(16)18-15(20)22-10-12-5-3-2-4-6-12/h2-9,11,14,19,21H,10H2,1H3,(H,18,20). The van der Waals surface area contributed by atoms with Gasteiger partial charge in [0.1, 0.15) is 18.0 Å². The van der Waals surface area contributed by atoms with Crippen LogP contribution in [0.25, 0.3) is 0 Å². The molecule has 0 saturated carbocycles. The van der Waals surface area contributed by atoms with Gasteiger partial charge in [0.25, 0.3) is 0 Å². The molecule has 1 aromatic rings. The zero-order valence-corrected chi connectivity index (χ0v) is 13.7. The van der Waals surface area contributed by atoms with Crippen LogP contribution in [0.15, 0.2) is 54.3 Å². The van der Waals surface area contributed by atoms with Gasteiger partial charge in [-0.15, -0.1) is 0 Å². The molecule has 2 rings (SSSR count). The van der Waals surface area contributed by atoms with Crippen molar-refractivity contribution in [3.8, 4) is 0 Å². The zero-order chi connectivity index (χ0) is 16.2. The number of allylic oxidation sites excluding steroid dienone is 1. The number of halogens is 1. The Bertz CT molecular complexity index is 585. The number of carbonyl (C=O) groups is 1. The Morgan fingerprint density at radius 3 is 2.77 bits per heavy atom. The SMILES string of the molecule is CC(Br)C1(O)C=C(O)C=CC1NC(=O)OCc1ccccc1. The molecule has 118 valence electrons. The Balaban J connectivity index is 1.97.